The molecule has 5 rings (SSSR count). The van der Waals surface area contributed by atoms with E-state index in [-0.39, 0.29) is 48.4 Å². The first kappa shape index (κ1) is 44.1. The van der Waals surface area contributed by atoms with Gasteiger partial charge in [0, 0.05) is 61.0 Å². The van der Waals surface area contributed by atoms with Gasteiger partial charge in [-0.3, -0.25) is 14.4 Å². The molecule has 11 heteroatoms. The summed E-state index contributed by atoms with van der Waals surface area (Å²) in [5.74, 6) is 0.557. The number of nitrogens with zero attached hydrogens (tertiary/aromatic N) is 3. The quantitative estimate of drug-likeness (QED) is 0.155. The van der Waals surface area contributed by atoms with Crippen molar-refractivity contribution in [2.75, 3.05) is 53.4 Å². The van der Waals surface area contributed by atoms with Crippen molar-refractivity contribution in [3.05, 3.63) is 83.4 Å². The number of anilines is 1. The van der Waals surface area contributed by atoms with Crippen LogP contribution in [0.25, 0.3) is 11.1 Å². The minimum atomic E-state index is -0.917. The van der Waals surface area contributed by atoms with Gasteiger partial charge < -0.3 is 35.4 Å². The Morgan fingerprint density at radius 1 is 1.02 bits per heavy atom. The molecule has 1 heterocycles. The number of aliphatic hydroxyl groups is 2. The number of hydrogen-bond donors (Lipinski definition) is 4. The number of methoxy groups -OCH3 is 1. The molecule has 0 bridgehead atoms. The number of para-hydroxylation sites is 1. The van der Waals surface area contributed by atoms with Gasteiger partial charge in [0.15, 0.2) is 0 Å². The van der Waals surface area contributed by atoms with E-state index in [0.717, 1.165) is 34.4 Å². The van der Waals surface area contributed by atoms with Gasteiger partial charge in [-0.15, -0.1) is 0 Å². The second-order valence-corrected chi connectivity index (χ2v) is 17.7. The maximum absolute atomic E-state index is 14.4. The normalized spacial score (nSPS) is 25.8. The summed E-state index contributed by atoms with van der Waals surface area (Å²) >= 11 is 0. The van der Waals surface area contributed by atoms with E-state index in [1.165, 1.54) is 0 Å². The van der Waals surface area contributed by atoms with Crippen LogP contribution in [0, 0.1) is 29.1 Å². The van der Waals surface area contributed by atoms with Crippen LogP contribution in [0.4, 0.5) is 5.69 Å². The van der Waals surface area contributed by atoms with E-state index in [1.807, 2.05) is 87.7 Å². The van der Waals surface area contributed by atoms with Gasteiger partial charge in [0.25, 0.3) is 5.91 Å². The summed E-state index contributed by atoms with van der Waals surface area (Å²) in [5, 5.41) is 29.7. The molecule has 2 amide bonds. The summed E-state index contributed by atoms with van der Waals surface area (Å²) in [4.78, 5) is 38.8. The maximum atomic E-state index is 14.4. The molecule has 0 aromatic heterocycles. The van der Waals surface area contributed by atoms with Gasteiger partial charge in [-0.2, -0.15) is 5.06 Å². The number of hydrogen-bond acceptors (Lipinski definition) is 9. The number of benzene rings is 3. The van der Waals surface area contributed by atoms with E-state index in [9.17, 15) is 19.8 Å². The third-order valence-corrected chi connectivity index (χ3v) is 13.1. The molecule has 57 heavy (non-hydrogen) atoms. The molecule has 0 unspecified atom stereocenters. The zero-order valence-electron chi connectivity index (χ0n) is 36.0. The van der Waals surface area contributed by atoms with Crippen molar-refractivity contribution >= 4 is 17.5 Å². The van der Waals surface area contributed by atoms with Gasteiger partial charge >= 0.3 is 0 Å². The van der Waals surface area contributed by atoms with Gasteiger partial charge in [-0.05, 0) is 86.4 Å². The third kappa shape index (κ3) is 10.0. The highest BCUT2D eigenvalue weighted by Crippen LogP contribution is 2.47. The van der Waals surface area contributed by atoms with Crippen LogP contribution in [0.5, 0.6) is 5.75 Å². The average molecular weight is 786 g/mol. The predicted molar refractivity (Wildman–Crippen MR) is 227 cm³/mol. The minimum absolute atomic E-state index is 0.0371. The number of aliphatic hydroxyl groups excluding tert-OH is 2. The standard InChI is InChI=1S/C46H67N5O6/c1-28-20-39(29(2)30(3)46(28,5)6)48-45(55)42-41(31(4)53)40(27-52)57-51(42)25-33-18-15-19-38(43(33)56-11)34-22-35(24-37(23-34)50(9)10)44(54)47-36(26-49(7)8)21-32-16-13-12-14-17-32/h12-19,22-24,28-31,36,39-42,52-53H,20-21,25-27H2,1-11H3,(H,47,54)(H,48,55)/t28-,29+,30+,31+,36+,39+,40+,41-,42+/m1/s1. The lowest BCUT2D eigenvalue weighted by atomic mass is 9.58. The van der Waals surface area contributed by atoms with E-state index in [2.05, 4.69) is 62.3 Å². The van der Waals surface area contributed by atoms with Gasteiger partial charge in [0.05, 0.1) is 26.4 Å². The topological polar surface area (TPSA) is 127 Å². The number of nitrogens with one attached hydrogen (secondary N) is 2. The smallest absolute Gasteiger partial charge is 0.251 e. The van der Waals surface area contributed by atoms with Gasteiger partial charge in [-0.25, -0.2) is 0 Å². The lowest BCUT2D eigenvalue weighted by molar-refractivity contribution is -0.182. The van der Waals surface area contributed by atoms with Crippen molar-refractivity contribution in [1.29, 1.82) is 0 Å². The summed E-state index contributed by atoms with van der Waals surface area (Å²) in [6.45, 7) is 13.5. The molecule has 9 atom stereocenters. The monoisotopic (exact) mass is 786 g/mol. The van der Waals surface area contributed by atoms with E-state index in [1.54, 1.807) is 19.1 Å². The Kier molecular flexibility index (Phi) is 14.5. The summed E-state index contributed by atoms with van der Waals surface area (Å²) in [6, 6.07) is 20.8. The average Bonchev–Trinajstić information content (AvgIpc) is 3.54. The third-order valence-electron chi connectivity index (χ3n) is 13.1. The number of carbonyl (C=O) groups is 2. The molecular weight excluding hydrogens is 719 g/mol. The fourth-order valence-electron chi connectivity index (χ4n) is 8.98. The van der Waals surface area contributed by atoms with E-state index in [0.29, 0.717) is 36.1 Å². The highest BCUT2D eigenvalue weighted by Gasteiger charge is 2.51. The SMILES string of the molecule is COc1c(CN2O[C@@H](CO)[C@@H]([C@H](C)O)[C@H]2C(=O)N[C@H]2C[C@@H](C)C(C)(C)[C@@H](C)[C@@H]2C)cccc1-c1cc(C(=O)N[C@@H](Cc2ccccc2)CN(C)C)cc(N(C)C)c1. The highest BCUT2D eigenvalue weighted by molar-refractivity contribution is 5.97. The number of amides is 2. The maximum Gasteiger partial charge on any atom is 0.251 e. The Balaban J connectivity index is 1.46. The first-order chi connectivity index (χ1) is 27.0. The Morgan fingerprint density at radius 2 is 1.72 bits per heavy atom. The van der Waals surface area contributed by atoms with Crippen LogP contribution in [0.3, 0.4) is 0 Å². The zero-order chi connectivity index (χ0) is 41.8. The summed E-state index contributed by atoms with van der Waals surface area (Å²) < 4.78 is 6.12. The van der Waals surface area contributed by atoms with Crippen LogP contribution in [0.2, 0.25) is 0 Å². The van der Waals surface area contributed by atoms with Crippen molar-refractivity contribution < 1.29 is 29.4 Å². The highest BCUT2D eigenvalue weighted by atomic mass is 16.7. The molecular formula is C46H67N5O6. The molecule has 0 spiro atoms. The first-order valence-corrected chi connectivity index (χ1v) is 20.5. The number of hydroxylamine groups is 2. The van der Waals surface area contributed by atoms with E-state index in [4.69, 9.17) is 9.57 Å². The Morgan fingerprint density at radius 3 is 2.33 bits per heavy atom. The molecule has 1 aliphatic heterocycles. The fraction of sp³-hybridized carbons (Fsp3) is 0.565. The molecule has 4 N–H and O–H groups in total. The molecule has 3 aromatic carbocycles. The van der Waals surface area contributed by atoms with Crippen LogP contribution in [0.1, 0.15) is 69.4 Å². The number of rotatable bonds is 15. The van der Waals surface area contributed by atoms with E-state index >= 15 is 0 Å². The molecule has 312 valence electrons. The van der Waals surface area contributed by atoms with Gasteiger partial charge in [0.1, 0.15) is 17.9 Å². The largest absolute Gasteiger partial charge is 0.496 e. The van der Waals surface area contributed by atoms with Crippen LogP contribution < -0.4 is 20.3 Å². The van der Waals surface area contributed by atoms with E-state index < -0.39 is 24.2 Å². The van der Waals surface area contributed by atoms with Crippen molar-refractivity contribution in [2.24, 2.45) is 29.1 Å². The molecule has 1 aliphatic carbocycles. The first-order valence-electron chi connectivity index (χ1n) is 20.5. The lowest BCUT2D eigenvalue weighted by Gasteiger charge is -2.50. The van der Waals surface area contributed by atoms with Crippen molar-refractivity contribution in [2.45, 2.75) is 91.3 Å². The lowest BCUT2D eigenvalue weighted by Crippen LogP contribution is -2.56. The van der Waals surface area contributed by atoms with Crippen molar-refractivity contribution in [3.8, 4) is 16.9 Å². The van der Waals surface area contributed by atoms with Crippen molar-refractivity contribution in [1.82, 2.24) is 20.6 Å². The Bertz CT molecular complexity index is 1820. The van der Waals surface area contributed by atoms with Crippen molar-refractivity contribution in [3.63, 3.8) is 0 Å². The second kappa shape index (κ2) is 18.7. The molecule has 1 saturated carbocycles. The molecule has 3 aromatic rings. The minimum Gasteiger partial charge on any atom is -0.496 e. The van der Waals surface area contributed by atoms with Crippen LogP contribution in [0.15, 0.2) is 66.7 Å². The van der Waals surface area contributed by atoms with Crippen LogP contribution in [-0.4, -0.2) is 111 Å². The zero-order valence-corrected chi connectivity index (χ0v) is 36.0. The predicted octanol–water partition coefficient (Wildman–Crippen LogP) is 5.63. The summed E-state index contributed by atoms with van der Waals surface area (Å²) in [7, 11) is 9.51. The molecule has 2 fully saturated rings. The number of ether oxygens (including phenoxy) is 1. The van der Waals surface area contributed by atoms with Gasteiger partial charge in [0.2, 0.25) is 5.91 Å². The van der Waals surface area contributed by atoms with Crippen LogP contribution >= 0.6 is 0 Å². The molecule has 1 saturated heterocycles. The molecule has 0 radical (unpaired) electrons. The molecule has 11 nitrogen and oxygen atoms in total. The summed E-state index contributed by atoms with van der Waals surface area (Å²) in [6.07, 6.45) is -0.139. The van der Waals surface area contributed by atoms with Crippen LogP contribution in [-0.2, 0) is 22.6 Å². The molecule has 2 aliphatic rings. The number of carbonyl (C=O) groups excluding carboxylic acids is 2. The van der Waals surface area contributed by atoms with Gasteiger partial charge in [-0.1, -0.05) is 83.1 Å². The Hall–Kier alpha value is -4.00. The Labute approximate surface area is 340 Å². The fourth-order valence-corrected chi connectivity index (χ4v) is 8.98. The summed E-state index contributed by atoms with van der Waals surface area (Å²) in [5.41, 5.74) is 4.98. The second-order valence-electron chi connectivity index (χ2n) is 17.7. The number of likely N-dealkylation sites (N-methyl/N-ethyl adjacent to an activating group) is 1.